The summed E-state index contributed by atoms with van der Waals surface area (Å²) in [5.74, 6) is -0.809. The highest BCUT2D eigenvalue weighted by Gasteiger charge is 2.33. The third kappa shape index (κ3) is 3.43. The molecule has 2 aromatic rings. The van der Waals surface area contributed by atoms with Crippen molar-refractivity contribution in [2.24, 2.45) is 0 Å². The Morgan fingerprint density at radius 3 is 2.70 bits per heavy atom. The summed E-state index contributed by atoms with van der Waals surface area (Å²) in [5.41, 5.74) is 3.54. The zero-order valence-electron chi connectivity index (χ0n) is 11.7. The van der Waals surface area contributed by atoms with E-state index >= 15 is 0 Å². The van der Waals surface area contributed by atoms with E-state index in [0.29, 0.717) is 16.2 Å². The fourth-order valence-corrected chi connectivity index (χ4v) is 2.99. The zero-order chi connectivity index (χ0) is 16.2. The first-order chi connectivity index (χ1) is 11.1. The van der Waals surface area contributed by atoms with E-state index < -0.39 is 5.91 Å². The molecule has 0 aromatic carbocycles. The van der Waals surface area contributed by atoms with Gasteiger partial charge in [0.2, 0.25) is 0 Å². The van der Waals surface area contributed by atoms with E-state index in [0.717, 1.165) is 16.8 Å². The second kappa shape index (κ2) is 6.67. The van der Waals surface area contributed by atoms with Crippen LogP contribution in [-0.2, 0) is 4.79 Å². The fraction of sp³-hybridized carbons (Fsp3) is 0. The fourth-order valence-electron chi connectivity index (χ4n) is 1.83. The molecule has 2 aromatic heterocycles. The number of rotatable bonds is 3. The Balaban J connectivity index is 1.77. The lowest BCUT2D eigenvalue weighted by atomic mass is 10.2. The van der Waals surface area contributed by atoms with Gasteiger partial charge in [-0.3, -0.25) is 25.0 Å². The molecule has 1 saturated heterocycles. The van der Waals surface area contributed by atoms with E-state index in [1.807, 2.05) is 6.07 Å². The average molecular weight is 342 g/mol. The van der Waals surface area contributed by atoms with Crippen LogP contribution in [0.1, 0.15) is 16.1 Å². The maximum absolute atomic E-state index is 12.4. The number of nitrogens with zero attached hydrogens (tertiary/aromatic N) is 3. The van der Waals surface area contributed by atoms with Gasteiger partial charge in [0.05, 0.1) is 10.6 Å². The lowest BCUT2D eigenvalue weighted by molar-refractivity contribution is -0.123. The van der Waals surface area contributed by atoms with E-state index in [4.69, 9.17) is 12.2 Å². The first-order valence-electron chi connectivity index (χ1n) is 6.55. The van der Waals surface area contributed by atoms with Crippen LogP contribution in [0, 0.1) is 0 Å². The second-order valence-corrected chi connectivity index (χ2v) is 6.12. The normalized spacial score (nSPS) is 16.0. The molecule has 0 atom stereocenters. The van der Waals surface area contributed by atoms with Crippen molar-refractivity contribution in [2.75, 3.05) is 0 Å². The minimum absolute atomic E-state index is 0.264. The smallest absolute Gasteiger partial charge is 0.267 e. The van der Waals surface area contributed by atoms with E-state index in [1.54, 1.807) is 36.5 Å². The number of carbonyl (C=O) groups is 2. The third-order valence-electron chi connectivity index (χ3n) is 2.92. The predicted octanol–water partition coefficient (Wildman–Crippen LogP) is 2.02. The molecule has 114 valence electrons. The first kappa shape index (κ1) is 15.3. The molecule has 3 rings (SSSR count). The summed E-state index contributed by atoms with van der Waals surface area (Å²) in [5, 5.41) is 1.07. The standard InChI is InChI=1S/C15H10N4O2S2/c20-13(10-4-7-16-8-5-10)18-19-14(21)12(23-15(19)22)9-11-3-1-2-6-17-11/h1-9H,(H,18,20)/b12-9+. The number of carbonyl (C=O) groups excluding carboxylic acids is 2. The molecule has 0 saturated carbocycles. The van der Waals surface area contributed by atoms with Gasteiger partial charge in [0.1, 0.15) is 0 Å². The van der Waals surface area contributed by atoms with E-state index in [2.05, 4.69) is 15.4 Å². The van der Waals surface area contributed by atoms with Crippen LogP contribution < -0.4 is 5.43 Å². The van der Waals surface area contributed by atoms with Crippen molar-refractivity contribution in [2.45, 2.75) is 0 Å². The number of pyridine rings is 2. The lowest BCUT2D eigenvalue weighted by Gasteiger charge is -2.15. The summed E-state index contributed by atoms with van der Waals surface area (Å²) in [6, 6.07) is 8.50. The van der Waals surface area contributed by atoms with Gasteiger partial charge < -0.3 is 0 Å². The quantitative estimate of drug-likeness (QED) is 0.679. The van der Waals surface area contributed by atoms with Crippen molar-refractivity contribution in [1.29, 1.82) is 0 Å². The number of thiocarbonyl (C=S) groups is 1. The van der Waals surface area contributed by atoms with Crippen LogP contribution in [-0.4, -0.2) is 31.1 Å². The summed E-state index contributed by atoms with van der Waals surface area (Å²) in [7, 11) is 0. The molecule has 0 spiro atoms. The van der Waals surface area contributed by atoms with E-state index in [-0.39, 0.29) is 10.2 Å². The van der Waals surface area contributed by atoms with Crippen molar-refractivity contribution in [1.82, 2.24) is 20.4 Å². The monoisotopic (exact) mass is 342 g/mol. The SMILES string of the molecule is O=C(NN1C(=O)/C(=C\c2ccccn2)SC1=S)c1ccncc1. The molecule has 1 N–H and O–H groups in total. The topological polar surface area (TPSA) is 75.2 Å². The van der Waals surface area contributed by atoms with Gasteiger partial charge in [-0.2, -0.15) is 5.01 Å². The van der Waals surface area contributed by atoms with Crippen molar-refractivity contribution in [3.05, 3.63) is 65.1 Å². The molecule has 1 aliphatic heterocycles. The largest absolute Gasteiger partial charge is 0.285 e. The van der Waals surface area contributed by atoms with E-state index in [9.17, 15) is 9.59 Å². The Hall–Kier alpha value is -2.58. The van der Waals surface area contributed by atoms with Gasteiger partial charge in [-0.15, -0.1) is 0 Å². The molecular formula is C15H10N4O2S2. The van der Waals surface area contributed by atoms with Gasteiger partial charge in [0.15, 0.2) is 4.32 Å². The van der Waals surface area contributed by atoms with Crippen LogP contribution in [0.15, 0.2) is 53.8 Å². The molecule has 6 nitrogen and oxygen atoms in total. The summed E-state index contributed by atoms with van der Waals surface area (Å²) in [6.45, 7) is 0. The van der Waals surface area contributed by atoms with Crippen LogP contribution >= 0.6 is 24.0 Å². The highest BCUT2D eigenvalue weighted by Crippen LogP contribution is 2.31. The van der Waals surface area contributed by atoms with Crippen LogP contribution in [0.2, 0.25) is 0 Å². The molecule has 8 heteroatoms. The average Bonchev–Trinajstić information content (AvgIpc) is 2.84. The Morgan fingerprint density at radius 2 is 2.00 bits per heavy atom. The van der Waals surface area contributed by atoms with Gasteiger partial charge in [-0.1, -0.05) is 17.8 Å². The van der Waals surface area contributed by atoms with Gasteiger partial charge >= 0.3 is 0 Å². The first-order valence-corrected chi connectivity index (χ1v) is 7.77. The Morgan fingerprint density at radius 1 is 1.22 bits per heavy atom. The highest BCUT2D eigenvalue weighted by atomic mass is 32.2. The maximum atomic E-state index is 12.4. The number of hydrazine groups is 1. The van der Waals surface area contributed by atoms with Crippen LogP contribution in [0.5, 0.6) is 0 Å². The minimum Gasteiger partial charge on any atom is -0.267 e. The molecule has 3 heterocycles. The Labute approximate surface area is 141 Å². The number of hydrogen-bond acceptors (Lipinski definition) is 6. The van der Waals surface area contributed by atoms with Crippen molar-refractivity contribution >= 4 is 46.2 Å². The molecule has 2 amide bonds. The van der Waals surface area contributed by atoms with Crippen molar-refractivity contribution < 1.29 is 9.59 Å². The number of hydrogen-bond donors (Lipinski definition) is 1. The minimum atomic E-state index is -0.428. The molecule has 0 bridgehead atoms. The molecule has 1 fully saturated rings. The van der Waals surface area contributed by atoms with Crippen LogP contribution in [0.25, 0.3) is 6.08 Å². The van der Waals surface area contributed by atoms with Gasteiger partial charge in [-0.05, 0) is 42.6 Å². The lowest BCUT2D eigenvalue weighted by Crippen LogP contribution is -2.44. The van der Waals surface area contributed by atoms with Gasteiger partial charge in [-0.25, -0.2) is 0 Å². The molecule has 1 aliphatic rings. The highest BCUT2D eigenvalue weighted by molar-refractivity contribution is 8.26. The summed E-state index contributed by atoms with van der Waals surface area (Å²) >= 11 is 6.27. The predicted molar refractivity (Wildman–Crippen MR) is 91.0 cm³/mol. The molecule has 0 unspecified atom stereocenters. The van der Waals surface area contributed by atoms with Gasteiger partial charge in [0.25, 0.3) is 11.8 Å². The molecule has 0 aliphatic carbocycles. The van der Waals surface area contributed by atoms with Crippen LogP contribution in [0.3, 0.4) is 0 Å². The van der Waals surface area contributed by atoms with Gasteiger partial charge in [0, 0.05) is 24.2 Å². The molecular weight excluding hydrogens is 332 g/mol. The molecule has 23 heavy (non-hydrogen) atoms. The number of thioether (sulfide) groups is 1. The number of nitrogens with one attached hydrogen (secondary N) is 1. The Kier molecular flexibility index (Phi) is 4.45. The number of aromatic nitrogens is 2. The summed E-state index contributed by atoms with van der Waals surface area (Å²) in [4.78, 5) is 32.9. The van der Waals surface area contributed by atoms with E-state index in [1.165, 1.54) is 12.4 Å². The molecule has 0 radical (unpaired) electrons. The summed E-state index contributed by atoms with van der Waals surface area (Å²) < 4.78 is 0.264. The van der Waals surface area contributed by atoms with Crippen LogP contribution in [0.4, 0.5) is 0 Å². The number of amides is 2. The third-order valence-corrected chi connectivity index (χ3v) is 4.22. The maximum Gasteiger partial charge on any atom is 0.285 e. The zero-order valence-corrected chi connectivity index (χ0v) is 13.3. The summed E-state index contributed by atoms with van der Waals surface area (Å²) in [6.07, 6.45) is 6.27. The second-order valence-electron chi connectivity index (χ2n) is 4.45. The van der Waals surface area contributed by atoms with Crippen molar-refractivity contribution in [3.63, 3.8) is 0 Å². The van der Waals surface area contributed by atoms with Crippen molar-refractivity contribution in [3.8, 4) is 0 Å². The Bertz CT molecular complexity index is 794.